The zero-order valence-electron chi connectivity index (χ0n) is 14.6. The van der Waals surface area contributed by atoms with Crippen LogP contribution in [-0.2, 0) is 9.53 Å². The van der Waals surface area contributed by atoms with Crippen LogP contribution in [0.3, 0.4) is 0 Å². The number of piperazine rings is 1. The van der Waals surface area contributed by atoms with Gasteiger partial charge in [-0.25, -0.2) is 4.79 Å². The Morgan fingerprint density at radius 1 is 1.12 bits per heavy atom. The number of furan rings is 1. The fraction of sp³-hybridized carbons (Fsp3) is 0.647. The van der Waals surface area contributed by atoms with Gasteiger partial charge in [-0.3, -0.25) is 9.69 Å². The highest BCUT2D eigenvalue weighted by atomic mass is 16.5. The number of morpholine rings is 1. The predicted molar refractivity (Wildman–Crippen MR) is 91.1 cm³/mol. The van der Waals surface area contributed by atoms with Gasteiger partial charge in [0.2, 0.25) is 5.91 Å². The number of hydrogen-bond donors (Lipinski definition) is 1. The number of carbonyl (C=O) groups excluding carboxylic acids is 2. The van der Waals surface area contributed by atoms with E-state index >= 15 is 0 Å². The van der Waals surface area contributed by atoms with Crippen LogP contribution in [0.25, 0.3) is 0 Å². The van der Waals surface area contributed by atoms with Crippen LogP contribution in [-0.4, -0.2) is 85.7 Å². The predicted octanol–water partition coefficient (Wildman–Crippen LogP) is 0.527. The number of ether oxygens (including phenoxy) is 1. The molecule has 0 saturated carbocycles. The van der Waals surface area contributed by atoms with Crippen molar-refractivity contribution in [1.82, 2.24) is 20.0 Å². The van der Waals surface area contributed by atoms with Crippen molar-refractivity contribution in [3.63, 3.8) is 0 Å². The van der Waals surface area contributed by atoms with E-state index in [-0.39, 0.29) is 18.0 Å². The molecule has 1 aromatic heterocycles. The number of amides is 3. The smallest absolute Gasteiger partial charge is 0.320 e. The maximum absolute atomic E-state index is 12.4. The number of nitrogens with zero attached hydrogens (tertiary/aromatic N) is 3. The Morgan fingerprint density at radius 2 is 1.80 bits per heavy atom. The first-order chi connectivity index (χ1) is 12.1. The molecule has 1 unspecified atom stereocenters. The molecular weight excluding hydrogens is 324 g/mol. The number of nitrogens with one attached hydrogen (secondary N) is 1. The highest BCUT2D eigenvalue weighted by Crippen LogP contribution is 2.12. The molecule has 3 amide bonds. The summed E-state index contributed by atoms with van der Waals surface area (Å²) in [6, 6.07) is 3.59. The van der Waals surface area contributed by atoms with Gasteiger partial charge in [-0.1, -0.05) is 0 Å². The summed E-state index contributed by atoms with van der Waals surface area (Å²) in [5.41, 5.74) is 0. The molecule has 0 spiro atoms. The SMILES string of the molecule is CC(NC(=O)CN1CCN(C(=O)N2CCOCC2)CC1)c1ccco1. The topological polar surface area (TPSA) is 78.3 Å². The molecule has 2 aliphatic rings. The molecule has 0 aromatic carbocycles. The molecule has 138 valence electrons. The number of urea groups is 1. The largest absolute Gasteiger partial charge is 0.467 e. The van der Waals surface area contributed by atoms with Crippen molar-refractivity contribution in [3.8, 4) is 0 Å². The summed E-state index contributed by atoms with van der Waals surface area (Å²) in [5, 5.41) is 2.94. The zero-order valence-corrected chi connectivity index (χ0v) is 14.6. The van der Waals surface area contributed by atoms with E-state index in [9.17, 15) is 9.59 Å². The van der Waals surface area contributed by atoms with Crippen molar-refractivity contribution in [2.45, 2.75) is 13.0 Å². The molecule has 3 rings (SSSR count). The Kier molecular flexibility index (Phi) is 5.93. The molecule has 8 heteroatoms. The quantitative estimate of drug-likeness (QED) is 0.857. The maximum Gasteiger partial charge on any atom is 0.320 e. The molecule has 25 heavy (non-hydrogen) atoms. The van der Waals surface area contributed by atoms with Crippen LogP contribution in [0.4, 0.5) is 4.79 Å². The summed E-state index contributed by atoms with van der Waals surface area (Å²) >= 11 is 0. The van der Waals surface area contributed by atoms with Gasteiger partial charge in [0, 0.05) is 39.3 Å². The summed E-state index contributed by atoms with van der Waals surface area (Å²) in [5.74, 6) is 0.714. The van der Waals surface area contributed by atoms with Crippen LogP contribution in [0, 0.1) is 0 Å². The van der Waals surface area contributed by atoms with Gasteiger partial charge in [-0.2, -0.15) is 0 Å². The Labute approximate surface area is 147 Å². The third kappa shape index (κ3) is 4.73. The average Bonchev–Trinajstić information content (AvgIpc) is 3.17. The molecule has 0 bridgehead atoms. The molecule has 3 heterocycles. The van der Waals surface area contributed by atoms with E-state index in [1.807, 2.05) is 28.9 Å². The molecule has 2 fully saturated rings. The van der Waals surface area contributed by atoms with Crippen LogP contribution in [0.15, 0.2) is 22.8 Å². The zero-order chi connectivity index (χ0) is 17.6. The summed E-state index contributed by atoms with van der Waals surface area (Å²) in [4.78, 5) is 30.4. The van der Waals surface area contributed by atoms with Crippen molar-refractivity contribution >= 4 is 11.9 Å². The van der Waals surface area contributed by atoms with E-state index in [4.69, 9.17) is 9.15 Å². The summed E-state index contributed by atoms with van der Waals surface area (Å²) in [7, 11) is 0. The van der Waals surface area contributed by atoms with Crippen LogP contribution < -0.4 is 5.32 Å². The third-order valence-corrected chi connectivity index (χ3v) is 4.64. The molecule has 1 aromatic rings. The van der Waals surface area contributed by atoms with Gasteiger partial charge in [0.25, 0.3) is 0 Å². The van der Waals surface area contributed by atoms with Gasteiger partial charge in [-0.05, 0) is 19.1 Å². The minimum absolute atomic E-state index is 0.0307. The number of rotatable bonds is 4. The first kappa shape index (κ1) is 17.8. The van der Waals surface area contributed by atoms with Gasteiger partial charge >= 0.3 is 6.03 Å². The fourth-order valence-corrected chi connectivity index (χ4v) is 3.15. The van der Waals surface area contributed by atoms with Crippen LogP contribution >= 0.6 is 0 Å². The summed E-state index contributed by atoms with van der Waals surface area (Å²) < 4.78 is 10.6. The fourth-order valence-electron chi connectivity index (χ4n) is 3.15. The molecule has 1 atom stereocenters. The second-order valence-corrected chi connectivity index (χ2v) is 6.45. The van der Waals surface area contributed by atoms with Crippen molar-refractivity contribution in [2.24, 2.45) is 0 Å². The first-order valence-corrected chi connectivity index (χ1v) is 8.80. The van der Waals surface area contributed by atoms with Gasteiger partial charge in [-0.15, -0.1) is 0 Å². The molecule has 2 aliphatic heterocycles. The highest BCUT2D eigenvalue weighted by Gasteiger charge is 2.27. The molecule has 2 saturated heterocycles. The van der Waals surface area contributed by atoms with E-state index in [0.29, 0.717) is 59.0 Å². The van der Waals surface area contributed by atoms with Gasteiger partial charge in [0.15, 0.2) is 0 Å². The Bertz CT molecular complexity index is 563. The first-order valence-electron chi connectivity index (χ1n) is 8.80. The van der Waals surface area contributed by atoms with E-state index in [2.05, 4.69) is 10.2 Å². The van der Waals surface area contributed by atoms with Gasteiger partial charge in [0.1, 0.15) is 5.76 Å². The Hall–Kier alpha value is -2.06. The monoisotopic (exact) mass is 350 g/mol. The Balaban J connectivity index is 1.40. The van der Waals surface area contributed by atoms with Crippen LogP contribution in [0.5, 0.6) is 0 Å². The van der Waals surface area contributed by atoms with Crippen LogP contribution in [0.1, 0.15) is 18.7 Å². The highest BCUT2D eigenvalue weighted by molar-refractivity contribution is 5.78. The van der Waals surface area contributed by atoms with E-state index in [1.54, 1.807) is 6.26 Å². The molecular formula is C17H26N4O4. The summed E-state index contributed by atoms with van der Waals surface area (Å²) in [6.45, 7) is 7.49. The van der Waals surface area contributed by atoms with E-state index < -0.39 is 0 Å². The van der Waals surface area contributed by atoms with E-state index in [1.165, 1.54) is 0 Å². The molecule has 8 nitrogen and oxygen atoms in total. The average molecular weight is 350 g/mol. The lowest BCUT2D eigenvalue weighted by Gasteiger charge is -2.38. The molecule has 0 aliphatic carbocycles. The number of carbonyl (C=O) groups is 2. The number of hydrogen-bond acceptors (Lipinski definition) is 5. The second kappa shape index (κ2) is 8.35. The van der Waals surface area contributed by atoms with Crippen molar-refractivity contribution in [2.75, 3.05) is 59.0 Å². The Morgan fingerprint density at radius 3 is 2.44 bits per heavy atom. The molecule has 0 radical (unpaired) electrons. The standard InChI is InChI=1S/C17H26N4O4/c1-14(15-3-2-10-25-15)18-16(22)13-19-4-6-20(7-5-19)17(23)21-8-11-24-12-9-21/h2-3,10,14H,4-9,11-13H2,1H3,(H,18,22). The van der Waals surface area contributed by atoms with Crippen molar-refractivity contribution in [1.29, 1.82) is 0 Å². The van der Waals surface area contributed by atoms with Crippen molar-refractivity contribution < 1.29 is 18.7 Å². The normalized spacial score (nSPS) is 20.4. The van der Waals surface area contributed by atoms with Gasteiger partial charge < -0.3 is 24.3 Å². The van der Waals surface area contributed by atoms with Gasteiger partial charge in [0.05, 0.1) is 32.1 Å². The minimum atomic E-state index is -0.147. The maximum atomic E-state index is 12.4. The van der Waals surface area contributed by atoms with E-state index in [0.717, 1.165) is 5.76 Å². The summed E-state index contributed by atoms with van der Waals surface area (Å²) in [6.07, 6.45) is 1.60. The minimum Gasteiger partial charge on any atom is -0.467 e. The lowest BCUT2D eigenvalue weighted by Crippen LogP contribution is -2.55. The second-order valence-electron chi connectivity index (χ2n) is 6.45. The molecule has 1 N–H and O–H groups in total. The third-order valence-electron chi connectivity index (χ3n) is 4.64. The lowest BCUT2D eigenvalue weighted by atomic mass is 10.2. The van der Waals surface area contributed by atoms with Crippen LogP contribution in [0.2, 0.25) is 0 Å². The lowest BCUT2D eigenvalue weighted by molar-refractivity contribution is -0.123. The van der Waals surface area contributed by atoms with Crippen molar-refractivity contribution in [3.05, 3.63) is 24.2 Å².